The second kappa shape index (κ2) is 21.1. The second-order valence-electron chi connectivity index (χ2n) is 15.7. The number of unbranched alkanes of at least 4 members (excludes halogenated alkanes) is 6. The van der Waals surface area contributed by atoms with Gasteiger partial charge in [-0.3, -0.25) is 0 Å². The van der Waals surface area contributed by atoms with Gasteiger partial charge in [-0.25, -0.2) is 0 Å². The van der Waals surface area contributed by atoms with E-state index in [1.54, 1.807) is 6.08 Å². The van der Waals surface area contributed by atoms with Gasteiger partial charge in [0.05, 0.1) is 0 Å². The highest BCUT2D eigenvalue weighted by atomic mass is 14.9. The van der Waals surface area contributed by atoms with E-state index in [9.17, 15) is 0 Å². The van der Waals surface area contributed by atoms with Crippen molar-refractivity contribution in [2.24, 2.45) is 0 Å². The van der Waals surface area contributed by atoms with Gasteiger partial charge in [0.1, 0.15) is 0 Å². The van der Waals surface area contributed by atoms with Gasteiger partial charge in [0.25, 0.3) is 0 Å². The van der Waals surface area contributed by atoms with Crippen LogP contribution in [0.5, 0.6) is 0 Å². The fourth-order valence-corrected chi connectivity index (χ4v) is 8.05. The van der Waals surface area contributed by atoms with Crippen LogP contribution in [0.15, 0.2) is 159 Å². The third-order valence-electron chi connectivity index (χ3n) is 11.2. The van der Waals surface area contributed by atoms with Crippen molar-refractivity contribution in [2.75, 3.05) is 10.6 Å². The van der Waals surface area contributed by atoms with Crippen LogP contribution in [0.4, 0.5) is 22.7 Å². The zero-order valence-corrected chi connectivity index (χ0v) is 35.3. The van der Waals surface area contributed by atoms with Crippen LogP contribution >= 0.6 is 0 Å². The zero-order chi connectivity index (χ0) is 40.7. The number of anilines is 4. The summed E-state index contributed by atoms with van der Waals surface area (Å²) in [6, 6.07) is 46.9. The van der Waals surface area contributed by atoms with Gasteiger partial charge >= 0.3 is 0 Å². The molecule has 0 saturated heterocycles. The highest BCUT2D eigenvalue weighted by Gasteiger charge is 2.15. The SMILES string of the molecule is C=CC=CC(=C)c1ccc(Nc2cccc(-c3cc(CCCCCC)c(-c4cccc(Nc5ccc(-c6ccccc6)c(C)c5)c4)cc3CCCCCC)c2)cc1C. The van der Waals surface area contributed by atoms with Crippen molar-refractivity contribution in [3.63, 3.8) is 0 Å². The summed E-state index contributed by atoms with van der Waals surface area (Å²) >= 11 is 0. The lowest BCUT2D eigenvalue weighted by molar-refractivity contribution is 0.664. The summed E-state index contributed by atoms with van der Waals surface area (Å²) in [5, 5.41) is 7.46. The summed E-state index contributed by atoms with van der Waals surface area (Å²) in [5.74, 6) is 0. The van der Waals surface area contributed by atoms with Crippen LogP contribution in [0.3, 0.4) is 0 Å². The van der Waals surface area contributed by atoms with E-state index in [0.717, 1.165) is 46.7 Å². The van der Waals surface area contributed by atoms with Crippen molar-refractivity contribution in [2.45, 2.75) is 91.9 Å². The Morgan fingerprint density at radius 1 is 0.500 bits per heavy atom. The molecule has 0 aliphatic carbocycles. The Labute approximate surface area is 349 Å². The average molecular weight is 763 g/mol. The van der Waals surface area contributed by atoms with Crippen LogP contribution < -0.4 is 10.6 Å². The summed E-state index contributed by atoms with van der Waals surface area (Å²) in [6.45, 7) is 17.0. The minimum Gasteiger partial charge on any atom is -0.356 e. The first-order chi connectivity index (χ1) is 28.4. The molecule has 0 amide bonds. The Morgan fingerprint density at radius 2 is 1.02 bits per heavy atom. The van der Waals surface area contributed by atoms with Crippen LogP contribution in [0, 0.1) is 13.8 Å². The molecular weight excluding hydrogens is 701 g/mol. The summed E-state index contributed by atoms with van der Waals surface area (Å²) in [6.07, 6.45) is 17.7. The van der Waals surface area contributed by atoms with Crippen LogP contribution in [-0.4, -0.2) is 0 Å². The molecule has 296 valence electrons. The Hall–Kier alpha value is -5.86. The standard InChI is InChI=1S/C56H62N2/c1-7-10-13-16-25-47-40-56(46-28-21-30-50(38-46)58-52-32-34-54(43(6)36-52)44-23-18-15-19-24-44)48(26-17-14-11-8-2)39-55(47)45-27-20-29-49(37-45)57-51-31-33-53(42(5)35-51)41(4)22-12-9-3/h9,12,15,18-24,27-40,57-58H,3-4,7-8,10-11,13-14,16-17,25-26H2,1-2,5-6H3. The van der Waals surface area contributed by atoms with E-state index >= 15 is 0 Å². The molecule has 0 atom stereocenters. The van der Waals surface area contributed by atoms with Gasteiger partial charge in [0.2, 0.25) is 0 Å². The highest BCUT2D eigenvalue weighted by Crippen LogP contribution is 2.37. The zero-order valence-electron chi connectivity index (χ0n) is 35.3. The molecule has 2 nitrogen and oxygen atoms in total. The van der Waals surface area contributed by atoms with Crippen molar-refractivity contribution in [3.8, 4) is 33.4 Å². The predicted octanol–water partition coefficient (Wildman–Crippen LogP) is 16.8. The second-order valence-corrected chi connectivity index (χ2v) is 15.7. The number of allylic oxidation sites excluding steroid dienone is 4. The summed E-state index contributed by atoms with van der Waals surface area (Å²) in [7, 11) is 0. The van der Waals surface area contributed by atoms with Gasteiger partial charge in [-0.1, -0.05) is 163 Å². The van der Waals surface area contributed by atoms with Gasteiger partial charge < -0.3 is 10.6 Å². The number of benzene rings is 6. The topological polar surface area (TPSA) is 24.1 Å². The normalized spacial score (nSPS) is 11.2. The minimum atomic E-state index is 0.984. The van der Waals surface area contributed by atoms with Gasteiger partial charge in [0.15, 0.2) is 0 Å². The summed E-state index contributed by atoms with van der Waals surface area (Å²) in [4.78, 5) is 0. The molecule has 0 spiro atoms. The van der Waals surface area contributed by atoms with Gasteiger partial charge in [0, 0.05) is 22.7 Å². The maximum absolute atomic E-state index is 4.26. The number of hydrogen-bond donors (Lipinski definition) is 2. The molecule has 6 aromatic carbocycles. The van der Waals surface area contributed by atoms with Crippen molar-refractivity contribution in [3.05, 3.63) is 187 Å². The average Bonchev–Trinajstić information content (AvgIpc) is 3.24. The molecule has 6 rings (SSSR count). The first kappa shape index (κ1) is 41.8. The van der Waals surface area contributed by atoms with E-state index in [1.165, 1.54) is 107 Å². The fraction of sp³-hybridized carbons (Fsp3) is 0.250. The molecule has 0 bridgehead atoms. The molecule has 6 aromatic rings. The van der Waals surface area contributed by atoms with Gasteiger partial charge in [-0.2, -0.15) is 0 Å². The predicted molar refractivity (Wildman–Crippen MR) is 256 cm³/mol. The van der Waals surface area contributed by atoms with Crippen LogP contribution in [0.25, 0.3) is 39.0 Å². The minimum absolute atomic E-state index is 0.984. The van der Waals surface area contributed by atoms with Crippen LogP contribution in [0.2, 0.25) is 0 Å². The lowest BCUT2D eigenvalue weighted by atomic mass is 9.86. The molecule has 0 unspecified atom stereocenters. The highest BCUT2D eigenvalue weighted by molar-refractivity contribution is 5.82. The van der Waals surface area contributed by atoms with Gasteiger partial charge in [-0.05, 0) is 155 Å². The number of hydrogen-bond acceptors (Lipinski definition) is 2. The molecule has 0 aliphatic rings. The van der Waals surface area contributed by atoms with E-state index < -0.39 is 0 Å². The Bertz CT molecular complexity index is 2330. The van der Waals surface area contributed by atoms with E-state index in [1.807, 2.05) is 12.2 Å². The molecule has 0 aliphatic heterocycles. The maximum Gasteiger partial charge on any atom is 0.0390 e. The first-order valence-electron chi connectivity index (χ1n) is 21.5. The molecule has 0 radical (unpaired) electrons. The summed E-state index contributed by atoms with van der Waals surface area (Å²) < 4.78 is 0. The van der Waals surface area contributed by atoms with Crippen molar-refractivity contribution >= 4 is 28.3 Å². The molecule has 0 fully saturated rings. The first-order valence-corrected chi connectivity index (χ1v) is 21.5. The third-order valence-corrected chi connectivity index (χ3v) is 11.2. The fourth-order valence-electron chi connectivity index (χ4n) is 8.05. The van der Waals surface area contributed by atoms with E-state index in [0.29, 0.717) is 0 Å². The number of nitrogens with one attached hydrogen (secondary N) is 2. The molecule has 0 aromatic heterocycles. The lowest BCUT2D eigenvalue weighted by Crippen LogP contribution is -2.00. The molecular formula is C56H62N2. The smallest absolute Gasteiger partial charge is 0.0390 e. The van der Waals surface area contributed by atoms with Crippen molar-refractivity contribution < 1.29 is 0 Å². The maximum atomic E-state index is 4.26. The Kier molecular flexibility index (Phi) is 15.2. The van der Waals surface area contributed by atoms with Crippen molar-refractivity contribution in [1.29, 1.82) is 0 Å². The van der Waals surface area contributed by atoms with Crippen molar-refractivity contribution in [1.82, 2.24) is 0 Å². The largest absolute Gasteiger partial charge is 0.356 e. The monoisotopic (exact) mass is 762 g/mol. The third kappa shape index (κ3) is 11.2. The Balaban J connectivity index is 1.34. The van der Waals surface area contributed by atoms with E-state index in [4.69, 9.17) is 0 Å². The molecule has 58 heavy (non-hydrogen) atoms. The molecule has 0 saturated carbocycles. The van der Waals surface area contributed by atoms with Gasteiger partial charge in [-0.15, -0.1) is 0 Å². The lowest BCUT2D eigenvalue weighted by Gasteiger charge is -2.19. The van der Waals surface area contributed by atoms with Crippen LogP contribution in [-0.2, 0) is 12.8 Å². The van der Waals surface area contributed by atoms with E-state index in [-0.39, 0.29) is 0 Å². The van der Waals surface area contributed by atoms with E-state index in [2.05, 4.69) is 179 Å². The molecule has 2 heteroatoms. The number of aryl methyl sites for hydroxylation is 4. The molecule has 2 N–H and O–H groups in total. The molecule has 0 heterocycles. The quantitative estimate of drug-likeness (QED) is 0.0598. The summed E-state index contributed by atoms with van der Waals surface area (Å²) in [5.41, 5.74) is 19.6. The Morgan fingerprint density at radius 3 is 1.53 bits per heavy atom. The number of rotatable bonds is 20. The van der Waals surface area contributed by atoms with Crippen LogP contribution in [0.1, 0.15) is 93.0 Å².